The maximum atomic E-state index is 12.1. The minimum absolute atomic E-state index is 0.233. The number of rotatable bonds is 8. The molecule has 1 amide bonds. The van der Waals surface area contributed by atoms with E-state index < -0.39 is 0 Å². The summed E-state index contributed by atoms with van der Waals surface area (Å²) in [5.41, 5.74) is 2.43. The van der Waals surface area contributed by atoms with Crippen LogP contribution < -0.4 is 5.32 Å². The quantitative estimate of drug-likeness (QED) is 0.272. The average molecular weight is 463 g/mol. The fourth-order valence-corrected chi connectivity index (χ4v) is 4.36. The fourth-order valence-electron chi connectivity index (χ4n) is 3.76. The number of aromatic amines is 1. The number of H-pyrrole nitrogens is 1. The van der Waals surface area contributed by atoms with E-state index >= 15 is 0 Å². The van der Waals surface area contributed by atoms with Crippen LogP contribution in [0.1, 0.15) is 32.3 Å². The second-order valence-corrected chi connectivity index (χ2v) is 9.02. The molecule has 0 spiro atoms. The van der Waals surface area contributed by atoms with E-state index in [0.717, 1.165) is 57.4 Å². The van der Waals surface area contributed by atoms with Crippen LogP contribution in [0.2, 0.25) is 0 Å². The zero-order valence-electron chi connectivity index (χ0n) is 19.0. The second-order valence-electron chi connectivity index (χ2n) is 7.81. The summed E-state index contributed by atoms with van der Waals surface area (Å²) >= 11 is 1.18. The van der Waals surface area contributed by atoms with Gasteiger partial charge in [-0.05, 0) is 43.2 Å². The van der Waals surface area contributed by atoms with Gasteiger partial charge in [0.2, 0.25) is 6.41 Å². The zero-order chi connectivity index (χ0) is 23.3. The first kappa shape index (κ1) is 25.9. The molecule has 1 fully saturated rings. The van der Waals surface area contributed by atoms with Gasteiger partial charge in [0.15, 0.2) is 5.17 Å². The third kappa shape index (κ3) is 8.27. The number of aromatic nitrogens is 1. The van der Waals surface area contributed by atoms with Crippen LogP contribution in [0.4, 0.5) is 4.39 Å². The number of benzene rings is 1. The van der Waals surface area contributed by atoms with Crippen molar-refractivity contribution in [2.24, 2.45) is 0 Å². The van der Waals surface area contributed by atoms with Gasteiger partial charge < -0.3 is 15.2 Å². The Balaban J connectivity index is 0.000000229. The Hall–Kier alpha value is -2.39. The summed E-state index contributed by atoms with van der Waals surface area (Å²) in [6.07, 6.45) is 5.82. The lowest BCUT2D eigenvalue weighted by molar-refractivity contribution is -0.110. The topological polar surface area (TPSA) is 99.1 Å². The number of para-hydroxylation sites is 1. The van der Waals surface area contributed by atoms with E-state index in [1.54, 1.807) is 6.92 Å². The Morgan fingerprint density at radius 3 is 2.62 bits per heavy atom. The van der Waals surface area contributed by atoms with Crippen LogP contribution in [0.3, 0.4) is 0 Å². The number of thioether (sulfide) groups is 1. The highest BCUT2D eigenvalue weighted by Gasteiger charge is 2.19. The van der Waals surface area contributed by atoms with Crippen molar-refractivity contribution in [3.8, 4) is 0 Å². The van der Waals surface area contributed by atoms with E-state index in [0.29, 0.717) is 16.8 Å². The van der Waals surface area contributed by atoms with Crippen molar-refractivity contribution in [2.45, 2.75) is 39.2 Å². The molecule has 1 saturated heterocycles. The molecule has 1 unspecified atom stereocenters. The number of nitrogens with zero attached hydrogens (tertiary/aromatic N) is 2. The summed E-state index contributed by atoms with van der Waals surface area (Å²) in [7, 11) is 0. The fraction of sp³-hybridized carbons (Fsp3) is 0.522. The summed E-state index contributed by atoms with van der Waals surface area (Å²) in [6.45, 7) is 7.16. The number of fused-ring (bicyclic) bond motifs is 1. The molecule has 176 valence electrons. The van der Waals surface area contributed by atoms with Crippen LogP contribution in [0.5, 0.6) is 0 Å². The summed E-state index contributed by atoms with van der Waals surface area (Å²) in [5, 5.41) is 20.0. The number of halogens is 1. The van der Waals surface area contributed by atoms with Crippen molar-refractivity contribution in [1.29, 1.82) is 10.8 Å². The molecule has 32 heavy (non-hydrogen) atoms. The van der Waals surface area contributed by atoms with E-state index in [2.05, 4.69) is 34.3 Å². The lowest BCUT2D eigenvalue weighted by Crippen LogP contribution is -2.48. The number of amidine groups is 1. The van der Waals surface area contributed by atoms with E-state index in [9.17, 15) is 9.18 Å². The van der Waals surface area contributed by atoms with Crippen molar-refractivity contribution >= 4 is 39.3 Å². The number of piperazine rings is 1. The molecule has 1 aliphatic heterocycles. The standard InChI is InChI=1S/C14H18N2O.C9H17FN4S/c1-2-5-12(16-10-17)8-11-9-15-14-7-4-3-6-13(11)14;1-8(11)15-9(12)14-6-4-13(3-2-10)5-7-14/h3-4,6-7,9-10,12,15H,2,5,8H2,1H3,(H,16,17);11-12H,2-7H2,1H3. The van der Waals surface area contributed by atoms with Gasteiger partial charge in [0.05, 0.1) is 5.04 Å². The lowest BCUT2D eigenvalue weighted by atomic mass is 10.0. The maximum absolute atomic E-state index is 12.1. The van der Waals surface area contributed by atoms with Gasteiger partial charge in [0.1, 0.15) is 6.67 Å². The molecule has 9 heteroatoms. The van der Waals surface area contributed by atoms with Gasteiger partial charge in [0.25, 0.3) is 0 Å². The Morgan fingerprint density at radius 1 is 1.28 bits per heavy atom. The number of hydrogen-bond donors (Lipinski definition) is 4. The predicted octanol–water partition coefficient (Wildman–Crippen LogP) is 3.86. The van der Waals surface area contributed by atoms with Gasteiger partial charge in [-0.3, -0.25) is 20.5 Å². The van der Waals surface area contributed by atoms with Crippen LogP contribution in [0, 0.1) is 10.8 Å². The smallest absolute Gasteiger partial charge is 0.207 e. The van der Waals surface area contributed by atoms with Crippen LogP contribution in [0.15, 0.2) is 30.5 Å². The molecule has 1 atom stereocenters. The van der Waals surface area contributed by atoms with Crippen LogP contribution in [-0.2, 0) is 11.2 Å². The summed E-state index contributed by atoms with van der Waals surface area (Å²) in [5.74, 6) is 0. The van der Waals surface area contributed by atoms with Crippen LogP contribution in [-0.4, -0.2) is 76.8 Å². The number of carbonyl (C=O) groups excluding carboxylic acids is 1. The van der Waals surface area contributed by atoms with Crippen molar-refractivity contribution in [1.82, 2.24) is 20.1 Å². The SMILES string of the molecule is CC(=N)SC(=N)N1CCN(CCF)CC1.CCCC(Cc1c[nH]c2ccccc12)NC=O. The molecule has 1 aromatic carbocycles. The molecule has 0 saturated carbocycles. The lowest BCUT2D eigenvalue weighted by Gasteiger charge is -2.35. The molecule has 1 aromatic heterocycles. The van der Waals surface area contributed by atoms with Gasteiger partial charge in [-0.1, -0.05) is 31.5 Å². The molecule has 2 aromatic rings. The molecule has 4 N–H and O–H groups in total. The molecule has 0 bridgehead atoms. The number of amides is 1. The maximum Gasteiger partial charge on any atom is 0.207 e. The Morgan fingerprint density at radius 2 is 2.00 bits per heavy atom. The van der Waals surface area contributed by atoms with E-state index in [1.807, 2.05) is 23.2 Å². The molecule has 7 nitrogen and oxygen atoms in total. The first-order valence-corrected chi connectivity index (χ1v) is 11.9. The highest BCUT2D eigenvalue weighted by Crippen LogP contribution is 2.20. The molecule has 2 heterocycles. The first-order valence-electron chi connectivity index (χ1n) is 11.1. The molecular weight excluding hydrogens is 427 g/mol. The van der Waals surface area contributed by atoms with Gasteiger partial charge in [0, 0.05) is 55.9 Å². The molecular formula is C23H35FN6OS. The van der Waals surface area contributed by atoms with Gasteiger partial charge in [-0.15, -0.1) is 0 Å². The molecule has 1 aliphatic rings. The number of hydrogen-bond acceptors (Lipinski definition) is 5. The normalized spacial score (nSPS) is 15.0. The summed E-state index contributed by atoms with van der Waals surface area (Å²) < 4.78 is 12.1. The van der Waals surface area contributed by atoms with Crippen LogP contribution in [0.25, 0.3) is 10.9 Å². The minimum Gasteiger partial charge on any atom is -0.361 e. The van der Waals surface area contributed by atoms with E-state index in [4.69, 9.17) is 10.8 Å². The third-order valence-electron chi connectivity index (χ3n) is 5.39. The average Bonchev–Trinajstić information content (AvgIpc) is 3.18. The van der Waals surface area contributed by atoms with Gasteiger partial charge in [-0.2, -0.15) is 0 Å². The predicted molar refractivity (Wildman–Crippen MR) is 133 cm³/mol. The largest absolute Gasteiger partial charge is 0.361 e. The van der Waals surface area contributed by atoms with E-state index in [1.165, 1.54) is 22.7 Å². The van der Waals surface area contributed by atoms with Gasteiger partial charge in [-0.25, -0.2) is 4.39 Å². The van der Waals surface area contributed by atoms with Crippen molar-refractivity contribution in [2.75, 3.05) is 39.4 Å². The Kier molecular flexibility index (Phi) is 11.2. The first-order chi connectivity index (χ1) is 15.5. The van der Waals surface area contributed by atoms with Crippen molar-refractivity contribution in [3.05, 3.63) is 36.0 Å². The molecule has 0 radical (unpaired) electrons. The van der Waals surface area contributed by atoms with Crippen molar-refractivity contribution in [3.63, 3.8) is 0 Å². The minimum atomic E-state index is -0.300. The Bertz CT molecular complexity index is 865. The number of nitrogens with one attached hydrogen (secondary N) is 4. The summed E-state index contributed by atoms with van der Waals surface area (Å²) in [4.78, 5) is 17.8. The second kappa shape index (κ2) is 13.9. The van der Waals surface area contributed by atoms with Crippen LogP contribution >= 0.6 is 11.8 Å². The zero-order valence-corrected chi connectivity index (χ0v) is 19.8. The summed E-state index contributed by atoms with van der Waals surface area (Å²) in [6, 6.07) is 8.49. The Labute approximate surface area is 194 Å². The molecule has 0 aliphatic carbocycles. The van der Waals surface area contributed by atoms with Gasteiger partial charge >= 0.3 is 0 Å². The van der Waals surface area contributed by atoms with E-state index in [-0.39, 0.29) is 12.7 Å². The number of carbonyl (C=O) groups is 1. The number of alkyl halides is 1. The highest BCUT2D eigenvalue weighted by atomic mass is 32.2. The third-order valence-corrected chi connectivity index (χ3v) is 6.15. The molecule has 3 rings (SSSR count). The van der Waals surface area contributed by atoms with Crippen molar-refractivity contribution < 1.29 is 9.18 Å². The highest BCUT2D eigenvalue weighted by molar-refractivity contribution is 8.26. The monoisotopic (exact) mass is 462 g/mol.